The number of nitriles is 1. The first-order valence-electron chi connectivity index (χ1n) is 13.3. The molecule has 0 amide bonds. The number of halogens is 2. The molecule has 1 unspecified atom stereocenters. The summed E-state index contributed by atoms with van der Waals surface area (Å²) in [6, 6.07) is 25.5. The number of furan rings is 1. The molecular weight excluding hydrogens is 587 g/mol. The van der Waals surface area contributed by atoms with Crippen LogP contribution in [0.3, 0.4) is 0 Å². The van der Waals surface area contributed by atoms with Crippen LogP contribution in [0.1, 0.15) is 44.3 Å². The van der Waals surface area contributed by atoms with Gasteiger partial charge in [-0.1, -0.05) is 59.6 Å². The number of rotatable bonds is 6. The molecule has 0 saturated carbocycles. The minimum Gasteiger partial charge on any atom is -0.489 e. The summed E-state index contributed by atoms with van der Waals surface area (Å²) in [7, 11) is 0. The molecule has 0 fully saturated rings. The molecule has 1 aliphatic heterocycles. The van der Waals surface area contributed by atoms with Crippen molar-refractivity contribution < 1.29 is 23.4 Å². The van der Waals surface area contributed by atoms with E-state index in [4.69, 9.17) is 47.6 Å². The van der Waals surface area contributed by atoms with Crippen LogP contribution in [-0.4, -0.2) is 5.97 Å². The maximum Gasteiger partial charge on any atom is 0.379 e. The number of fused-ring (bicyclic) bond motifs is 2. The van der Waals surface area contributed by atoms with E-state index in [0.717, 1.165) is 22.1 Å². The predicted octanol–water partition coefficient (Wildman–Crippen LogP) is 8.37. The molecule has 5 aromatic rings. The van der Waals surface area contributed by atoms with Gasteiger partial charge in [-0.2, -0.15) is 5.26 Å². The Kier molecular flexibility index (Phi) is 7.49. The number of allylic oxidation sites excluding steroid dienone is 1. The number of carbonyl (C=O) groups excluding carboxylic acids is 1. The summed E-state index contributed by atoms with van der Waals surface area (Å²) in [5.74, 6) is 0.219. The van der Waals surface area contributed by atoms with Crippen LogP contribution in [-0.2, 0) is 6.61 Å². The fourth-order valence-electron chi connectivity index (χ4n) is 5.08. The SMILES string of the molecule is Cc1ccc2c(C)c(C(=O)Oc3ccc4c(c3)OC(N)=C(C#N)C4c3ccc(OCc4ccc(Cl)cc4Cl)cc3)oc2c1. The second kappa shape index (κ2) is 11.4. The average molecular weight is 611 g/mol. The van der Waals surface area contributed by atoms with E-state index in [1.54, 1.807) is 30.3 Å². The molecule has 7 nitrogen and oxygen atoms in total. The molecule has 214 valence electrons. The molecule has 0 radical (unpaired) electrons. The fraction of sp³-hybridized carbons (Fsp3) is 0.118. The molecule has 6 rings (SSSR count). The van der Waals surface area contributed by atoms with E-state index in [1.165, 1.54) is 0 Å². The highest BCUT2D eigenvalue weighted by Gasteiger charge is 2.31. The molecule has 4 aromatic carbocycles. The second-order valence-electron chi connectivity index (χ2n) is 10.2. The van der Waals surface area contributed by atoms with Gasteiger partial charge in [-0.05, 0) is 61.4 Å². The zero-order valence-corrected chi connectivity index (χ0v) is 24.6. The number of aryl methyl sites for hydroxylation is 2. The zero-order valence-electron chi connectivity index (χ0n) is 23.1. The molecule has 2 heterocycles. The van der Waals surface area contributed by atoms with Crippen molar-refractivity contribution in [3.8, 4) is 23.3 Å². The van der Waals surface area contributed by atoms with E-state index >= 15 is 0 Å². The van der Waals surface area contributed by atoms with Crippen molar-refractivity contribution in [3.63, 3.8) is 0 Å². The van der Waals surface area contributed by atoms with Gasteiger partial charge in [-0.25, -0.2) is 4.79 Å². The van der Waals surface area contributed by atoms with Gasteiger partial charge in [0.05, 0.1) is 5.92 Å². The fourth-order valence-corrected chi connectivity index (χ4v) is 5.54. The van der Waals surface area contributed by atoms with E-state index in [2.05, 4.69) is 6.07 Å². The Balaban J connectivity index is 1.24. The molecule has 43 heavy (non-hydrogen) atoms. The summed E-state index contributed by atoms with van der Waals surface area (Å²) in [5, 5.41) is 11.9. The number of hydrogen-bond donors (Lipinski definition) is 1. The van der Waals surface area contributed by atoms with Crippen LogP contribution < -0.4 is 19.9 Å². The smallest absolute Gasteiger partial charge is 0.379 e. The second-order valence-corrected chi connectivity index (χ2v) is 11.0. The minimum absolute atomic E-state index is 0.0234. The summed E-state index contributed by atoms with van der Waals surface area (Å²) in [6.07, 6.45) is 0. The number of nitrogens with two attached hydrogens (primary N) is 1. The van der Waals surface area contributed by atoms with Gasteiger partial charge in [-0.15, -0.1) is 0 Å². The number of benzene rings is 4. The van der Waals surface area contributed by atoms with Crippen LogP contribution in [0, 0.1) is 25.2 Å². The lowest BCUT2D eigenvalue weighted by Crippen LogP contribution is -2.21. The number of nitrogens with zero attached hydrogens (tertiary/aromatic N) is 1. The first-order valence-corrected chi connectivity index (χ1v) is 14.1. The molecule has 0 bridgehead atoms. The van der Waals surface area contributed by atoms with Gasteiger partial charge in [0.1, 0.15) is 41.1 Å². The Bertz CT molecular complexity index is 1970. The highest BCUT2D eigenvalue weighted by Crippen LogP contribution is 2.44. The van der Waals surface area contributed by atoms with Gasteiger partial charge in [0, 0.05) is 38.2 Å². The molecule has 1 aliphatic rings. The van der Waals surface area contributed by atoms with Crippen LogP contribution in [0.5, 0.6) is 17.2 Å². The summed E-state index contributed by atoms with van der Waals surface area (Å²) >= 11 is 12.2. The third-order valence-corrected chi connectivity index (χ3v) is 7.89. The topological polar surface area (TPSA) is 108 Å². The minimum atomic E-state index is -0.629. The normalized spacial score (nSPS) is 14.2. The lowest BCUT2D eigenvalue weighted by Gasteiger charge is -2.26. The first-order chi connectivity index (χ1) is 20.7. The van der Waals surface area contributed by atoms with Gasteiger partial charge >= 0.3 is 5.97 Å². The molecule has 1 atom stereocenters. The van der Waals surface area contributed by atoms with Gasteiger partial charge in [-0.3, -0.25) is 0 Å². The van der Waals surface area contributed by atoms with Crippen molar-refractivity contribution in [1.29, 1.82) is 5.26 Å². The summed E-state index contributed by atoms with van der Waals surface area (Å²) in [6.45, 7) is 4.03. The Morgan fingerprint density at radius 1 is 0.977 bits per heavy atom. The highest BCUT2D eigenvalue weighted by molar-refractivity contribution is 6.35. The monoisotopic (exact) mass is 610 g/mol. The van der Waals surface area contributed by atoms with Crippen LogP contribution in [0.2, 0.25) is 10.0 Å². The maximum absolute atomic E-state index is 13.1. The van der Waals surface area contributed by atoms with Crippen molar-refractivity contribution in [2.24, 2.45) is 5.73 Å². The predicted molar refractivity (Wildman–Crippen MR) is 164 cm³/mol. The Morgan fingerprint density at radius 3 is 2.49 bits per heavy atom. The molecule has 9 heteroatoms. The summed E-state index contributed by atoms with van der Waals surface area (Å²) < 4.78 is 23.2. The van der Waals surface area contributed by atoms with Crippen LogP contribution >= 0.6 is 23.2 Å². The Hall–Kier alpha value is -4.90. The molecule has 0 spiro atoms. The van der Waals surface area contributed by atoms with Crippen LogP contribution in [0.15, 0.2) is 94.7 Å². The zero-order chi connectivity index (χ0) is 30.2. The van der Waals surface area contributed by atoms with Crippen molar-refractivity contribution >= 4 is 40.1 Å². The molecular formula is C34H24Cl2N2O5. The molecule has 1 aromatic heterocycles. The Labute approximate surface area is 257 Å². The maximum atomic E-state index is 13.1. The van der Waals surface area contributed by atoms with E-state index in [0.29, 0.717) is 38.3 Å². The average Bonchev–Trinajstić information content (AvgIpc) is 3.31. The van der Waals surface area contributed by atoms with Gasteiger partial charge in [0.2, 0.25) is 11.6 Å². The largest absolute Gasteiger partial charge is 0.489 e. The number of esters is 1. The van der Waals surface area contributed by atoms with E-state index in [9.17, 15) is 10.1 Å². The first kappa shape index (κ1) is 28.2. The van der Waals surface area contributed by atoms with Gasteiger partial charge in [0.25, 0.3) is 0 Å². The summed E-state index contributed by atoms with van der Waals surface area (Å²) in [5.41, 5.74) is 11.1. The number of carbonyl (C=O) groups is 1. The van der Waals surface area contributed by atoms with Crippen LogP contribution in [0.4, 0.5) is 0 Å². The molecule has 2 N–H and O–H groups in total. The van der Waals surface area contributed by atoms with Gasteiger partial charge < -0.3 is 24.4 Å². The van der Waals surface area contributed by atoms with E-state index < -0.39 is 11.9 Å². The lowest BCUT2D eigenvalue weighted by molar-refractivity contribution is 0.0702. The third-order valence-electron chi connectivity index (χ3n) is 7.30. The van der Waals surface area contributed by atoms with Crippen molar-refractivity contribution in [2.45, 2.75) is 26.4 Å². The van der Waals surface area contributed by atoms with Crippen molar-refractivity contribution in [3.05, 3.63) is 134 Å². The van der Waals surface area contributed by atoms with Gasteiger partial charge in [0.15, 0.2) is 0 Å². The number of ether oxygens (including phenoxy) is 3. The van der Waals surface area contributed by atoms with Crippen LogP contribution in [0.25, 0.3) is 11.0 Å². The molecule has 0 saturated heterocycles. The quantitative estimate of drug-likeness (QED) is 0.152. The Morgan fingerprint density at radius 2 is 1.74 bits per heavy atom. The molecule has 0 aliphatic carbocycles. The third kappa shape index (κ3) is 5.51. The number of hydrogen-bond acceptors (Lipinski definition) is 7. The lowest BCUT2D eigenvalue weighted by atomic mass is 9.83. The van der Waals surface area contributed by atoms with E-state index in [-0.39, 0.29) is 29.6 Å². The summed E-state index contributed by atoms with van der Waals surface area (Å²) in [4.78, 5) is 13.1. The van der Waals surface area contributed by atoms with Crippen molar-refractivity contribution in [1.82, 2.24) is 0 Å². The highest BCUT2D eigenvalue weighted by atomic mass is 35.5. The van der Waals surface area contributed by atoms with E-state index in [1.807, 2.05) is 62.4 Å². The standard InChI is InChI=1S/C34H24Cl2N2O5/c1-18-3-11-25-19(2)32(42-29(25)13-18)34(39)41-24-10-12-26-30(15-24)43-33(38)27(16-37)31(26)20-5-8-23(9-6-20)40-17-21-4-7-22(35)14-28(21)36/h3-15,31H,17,38H2,1-2H3. The van der Waals surface area contributed by atoms with Crippen molar-refractivity contribution in [2.75, 3.05) is 0 Å².